The smallest absolute Gasteiger partial charge is 0.193 e. The van der Waals surface area contributed by atoms with Crippen LogP contribution in [0.15, 0.2) is 42.5 Å². The number of hydrogen-bond donors (Lipinski definition) is 1. The van der Waals surface area contributed by atoms with Crippen molar-refractivity contribution in [3.05, 3.63) is 48.0 Å². The Balaban J connectivity index is 2.21. The second-order valence-electron chi connectivity index (χ2n) is 8.72. The summed E-state index contributed by atoms with van der Waals surface area (Å²) in [6, 6.07) is 13.8. The van der Waals surface area contributed by atoms with Gasteiger partial charge in [-0.15, -0.1) is 0 Å². The quantitative estimate of drug-likeness (QED) is 0.682. The summed E-state index contributed by atoms with van der Waals surface area (Å²) in [5.41, 5.74) is 0.795. The molecule has 2 aromatic rings. The summed E-state index contributed by atoms with van der Waals surface area (Å²) in [4.78, 5) is 12.9. The molecule has 0 heterocycles. The fourth-order valence-electron chi connectivity index (χ4n) is 2.98. The maximum Gasteiger partial charge on any atom is 0.193 e. The van der Waals surface area contributed by atoms with Crippen LogP contribution in [-0.4, -0.2) is 25.3 Å². The van der Waals surface area contributed by atoms with Crippen molar-refractivity contribution >= 4 is 24.9 Å². The van der Waals surface area contributed by atoms with Gasteiger partial charge in [-0.3, -0.25) is 4.79 Å². The molecule has 26 heavy (non-hydrogen) atoms. The van der Waals surface area contributed by atoms with Gasteiger partial charge in [0.05, 0.1) is 6.10 Å². The van der Waals surface area contributed by atoms with Crippen LogP contribution in [0.2, 0.25) is 18.1 Å². The topological polar surface area (TPSA) is 46.5 Å². The molecule has 0 aliphatic rings. The Kier molecular flexibility index (Phi) is 6.11. The van der Waals surface area contributed by atoms with E-state index in [0.717, 1.165) is 16.3 Å². The molecule has 2 aromatic carbocycles. The molecule has 142 valence electrons. The number of ketones is 1. The molecule has 0 aliphatic heterocycles. The first-order valence-corrected chi connectivity index (χ1v) is 12.2. The summed E-state index contributed by atoms with van der Waals surface area (Å²) < 4.78 is 6.24. The van der Waals surface area contributed by atoms with Gasteiger partial charge < -0.3 is 9.53 Å². The van der Waals surface area contributed by atoms with Crippen LogP contribution in [0.1, 0.15) is 46.3 Å². The number of carbonyl (C=O) groups excluding carboxylic acids is 1. The molecule has 4 heteroatoms. The summed E-state index contributed by atoms with van der Waals surface area (Å²) in [5.74, 6) is -0.573. The van der Waals surface area contributed by atoms with Gasteiger partial charge in [0.1, 0.15) is 6.10 Å². The molecule has 0 saturated carbocycles. The average Bonchev–Trinajstić information content (AvgIpc) is 2.57. The molecule has 0 spiro atoms. The summed E-state index contributed by atoms with van der Waals surface area (Å²) >= 11 is 0. The highest BCUT2D eigenvalue weighted by atomic mass is 28.4. The molecule has 0 amide bonds. The van der Waals surface area contributed by atoms with E-state index in [0.29, 0.717) is 0 Å². The van der Waals surface area contributed by atoms with Gasteiger partial charge in [0, 0.05) is 5.92 Å². The van der Waals surface area contributed by atoms with Crippen molar-refractivity contribution in [2.24, 2.45) is 5.92 Å². The normalized spacial score (nSPS) is 16.3. The van der Waals surface area contributed by atoms with E-state index in [-0.39, 0.29) is 10.8 Å². The van der Waals surface area contributed by atoms with E-state index >= 15 is 0 Å². The summed E-state index contributed by atoms with van der Waals surface area (Å²) in [5, 5.41) is 13.0. The number of rotatable bonds is 6. The maximum atomic E-state index is 12.9. The van der Waals surface area contributed by atoms with Gasteiger partial charge in [0.15, 0.2) is 14.1 Å². The highest BCUT2D eigenvalue weighted by Gasteiger charge is 2.40. The van der Waals surface area contributed by atoms with Crippen LogP contribution in [0, 0.1) is 5.92 Å². The first kappa shape index (κ1) is 20.8. The Bertz CT molecular complexity index is 771. The van der Waals surface area contributed by atoms with Gasteiger partial charge in [-0.2, -0.15) is 0 Å². The van der Waals surface area contributed by atoms with Crippen molar-refractivity contribution in [3.8, 4) is 0 Å². The lowest BCUT2D eigenvalue weighted by molar-refractivity contribution is -0.132. The zero-order chi connectivity index (χ0) is 19.7. The second-order valence-corrected chi connectivity index (χ2v) is 13.5. The van der Waals surface area contributed by atoms with E-state index in [9.17, 15) is 9.90 Å². The van der Waals surface area contributed by atoms with Gasteiger partial charge in [0.25, 0.3) is 0 Å². The maximum absolute atomic E-state index is 12.9. The number of Topliss-reactive ketones (excluding diaryl/α,β-unsaturated/α-hetero) is 1. The third kappa shape index (κ3) is 4.25. The number of aliphatic hydroxyl groups is 1. The largest absolute Gasteiger partial charge is 0.407 e. The van der Waals surface area contributed by atoms with Gasteiger partial charge in [0.2, 0.25) is 0 Å². The number of carbonyl (C=O) groups is 1. The minimum atomic E-state index is -2.04. The third-order valence-electron chi connectivity index (χ3n) is 5.74. The lowest BCUT2D eigenvalue weighted by Crippen LogP contribution is -2.46. The predicted molar refractivity (Wildman–Crippen MR) is 111 cm³/mol. The highest BCUT2D eigenvalue weighted by Crippen LogP contribution is 2.38. The third-order valence-corrected chi connectivity index (χ3v) is 10.3. The van der Waals surface area contributed by atoms with Crippen molar-refractivity contribution in [2.45, 2.75) is 65.0 Å². The Morgan fingerprint density at radius 3 is 2.23 bits per heavy atom. The minimum Gasteiger partial charge on any atom is -0.407 e. The van der Waals surface area contributed by atoms with E-state index in [2.05, 4.69) is 33.9 Å². The van der Waals surface area contributed by atoms with Crippen molar-refractivity contribution < 1.29 is 14.3 Å². The van der Waals surface area contributed by atoms with Crippen LogP contribution in [-0.2, 0) is 9.22 Å². The second kappa shape index (κ2) is 7.63. The fraction of sp³-hybridized carbons (Fsp3) is 0.500. The Morgan fingerprint density at radius 2 is 1.62 bits per heavy atom. The molecule has 3 nitrogen and oxygen atoms in total. The molecule has 0 unspecified atom stereocenters. The van der Waals surface area contributed by atoms with E-state index < -0.39 is 26.4 Å². The number of hydrogen-bond acceptors (Lipinski definition) is 3. The van der Waals surface area contributed by atoms with Gasteiger partial charge >= 0.3 is 0 Å². The van der Waals surface area contributed by atoms with Crippen molar-refractivity contribution in [3.63, 3.8) is 0 Å². The van der Waals surface area contributed by atoms with E-state index in [1.807, 2.05) is 49.4 Å². The molecule has 0 aromatic heterocycles. The standard InChI is InChI=1S/C22H32O3Si/c1-15(20(23)16(2)25-26(6,7)22(3,4)5)21(24)19-14-10-12-17-11-8-9-13-18(17)19/h8-16,21,24H,1-7H3/t15-,16-,21+/m1/s1. The molecule has 3 atom stereocenters. The monoisotopic (exact) mass is 372 g/mol. The van der Waals surface area contributed by atoms with E-state index in [1.165, 1.54) is 0 Å². The molecule has 0 fully saturated rings. The van der Waals surface area contributed by atoms with Crippen LogP contribution < -0.4 is 0 Å². The van der Waals surface area contributed by atoms with Gasteiger partial charge in [-0.05, 0) is 41.4 Å². The number of fused-ring (bicyclic) bond motifs is 1. The van der Waals surface area contributed by atoms with Crippen molar-refractivity contribution in [2.75, 3.05) is 0 Å². The molecular weight excluding hydrogens is 340 g/mol. The lowest BCUT2D eigenvalue weighted by Gasteiger charge is -2.38. The molecule has 2 rings (SSSR count). The lowest BCUT2D eigenvalue weighted by atomic mass is 9.89. The summed E-state index contributed by atoms with van der Waals surface area (Å²) in [7, 11) is -2.04. The first-order valence-electron chi connectivity index (χ1n) is 9.33. The van der Waals surface area contributed by atoms with Gasteiger partial charge in [-0.1, -0.05) is 70.2 Å². The van der Waals surface area contributed by atoms with Crippen LogP contribution in [0.4, 0.5) is 0 Å². The highest BCUT2D eigenvalue weighted by molar-refractivity contribution is 6.74. The fourth-order valence-corrected chi connectivity index (χ4v) is 4.33. The van der Waals surface area contributed by atoms with E-state index in [4.69, 9.17) is 4.43 Å². The molecular formula is C22H32O3Si. The van der Waals surface area contributed by atoms with Gasteiger partial charge in [-0.25, -0.2) is 0 Å². The Labute approximate surface area is 158 Å². The molecule has 0 bridgehead atoms. The molecule has 0 radical (unpaired) electrons. The van der Waals surface area contributed by atoms with Crippen LogP contribution in [0.3, 0.4) is 0 Å². The molecule has 1 N–H and O–H groups in total. The van der Waals surface area contributed by atoms with Crippen molar-refractivity contribution in [1.82, 2.24) is 0 Å². The Morgan fingerprint density at radius 1 is 1.04 bits per heavy atom. The minimum absolute atomic E-state index is 0.0407. The van der Waals surface area contributed by atoms with Crippen molar-refractivity contribution in [1.29, 1.82) is 0 Å². The predicted octanol–water partition coefficient (Wildman–Crippen LogP) is 5.49. The molecule has 0 aliphatic carbocycles. The summed E-state index contributed by atoms with van der Waals surface area (Å²) in [6.45, 7) is 14.4. The Hall–Kier alpha value is -1.49. The summed E-state index contributed by atoms with van der Waals surface area (Å²) in [6.07, 6.45) is -1.37. The van der Waals surface area contributed by atoms with Crippen LogP contribution in [0.25, 0.3) is 10.8 Å². The SMILES string of the molecule is C[C@H](C(=O)[C@@H](C)O[Si](C)(C)C(C)(C)C)[C@H](O)c1cccc2ccccc12. The van der Waals surface area contributed by atoms with Crippen LogP contribution in [0.5, 0.6) is 0 Å². The number of aliphatic hydroxyl groups excluding tert-OH is 1. The average molecular weight is 373 g/mol. The van der Waals surface area contributed by atoms with E-state index in [1.54, 1.807) is 6.92 Å². The zero-order valence-corrected chi connectivity index (χ0v) is 18.0. The van der Waals surface area contributed by atoms with Crippen LogP contribution >= 0.6 is 0 Å². The first-order chi connectivity index (χ1) is 12.0. The molecule has 0 saturated heterocycles. The number of benzene rings is 2. The zero-order valence-electron chi connectivity index (χ0n) is 17.0.